The lowest BCUT2D eigenvalue weighted by Gasteiger charge is -2.23. The molecule has 1 unspecified atom stereocenters. The van der Waals surface area contributed by atoms with Gasteiger partial charge in [-0.25, -0.2) is 9.78 Å². The van der Waals surface area contributed by atoms with E-state index in [1.165, 1.54) is 0 Å². The van der Waals surface area contributed by atoms with Crippen LogP contribution in [0.3, 0.4) is 0 Å². The Hall–Kier alpha value is -2.90. The first-order valence-corrected chi connectivity index (χ1v) is 9.35. The number of hydrogen-bond donors (Lipinski definition) is 2. The van der Waals surface area contributed by atoms with Crippen LogP contribution in [-0.4, -0.2) is 53.9 Å². The van der Waals surface area contributed by atoms with Crippen molar-refractivity contribution >= 4 is 22.8 Å². The third-order valence-corrected chi connectivity index (χ3v) is 4.90. The van der Waals surface area contributed by atoms with Crippen molar-refractivity contribution in [2.75, 3.05) is 38.2 Å². The molecule has 0 aliphatic carbocycles. The van der Waals surface area contributed by atoms with Crippen molar-refractivity contribution in [3.8, 4) is 11.5 Å². The number of fused-ring (bicyclic) bond motifs is 1. The average Bonchev–Trinajstić information content (AvgIpc) is 2.96. The molecule has 2 N–H and O–H groups in total. The summed E-state index contributed by atoms with van der Waals surface area (Å²) in [7, 11) is 0. The van der Waals surface area contributed by atoms with Crippen LogP contribution in [0.5, 0.6) is 0 Å². The van der Waals surface area contributed by atoms with Crippen LogP contribution < -0.4 is 5.32 Å². The Morgan fingerprint density at radius 3 is 3.00 bits per heavy atom. The quantitative estimate of drug-likeness (QED) is 0.727. The first-order valence-electron chi connectivity index (χ1n) is 9.35. The van der Waals surface area contributed by atoms with Gasteiger partial charge in [0.25, 0.3) is 0 Å². The van der Waals surface area contributed by atoms with E-state index in [-0.39, 0.29) is 18.6 Å². The fourth-order valence-electron chi connectivity index (χ4n) is 3.31. The van der Waals surface area contributed by atoms with E-state index in [2.05, 4.69) is 10.3 Å². The number of oxazole rings is 1. The van der Waals surface area contributed by atoms with Gasteiger partial charge in [-0.15, -0.1) is 0 Å². The maximum Gasteiger partial charge on any atom is 0.321 e. The normalized spacial score (nSPS) is 17.5. The number of carbonyl (C=O) groups excluding carboxylic acids is 1. The van der Waals surface area contributed by atoms with Gasteiger partial charge in [0.2, 0.25) is 5.89 Å². The van der Waals surface area contributed by atoms with E-state index in [0.29, 0.717) is 43.5 Å². The Morgan fingerprint density at radius 1 is 1.32 bits per heavy atom. The molecule has 3 aromatic rings. The van der Waals surface area contributed by atoms with E-state index in [1.807, 2.05) is 43.3 Å². The fraction of sp³-hybridized carbons (Fsp3) is 0.333. The molecular formula is C21H23N3O4. The van der Waals surface area contributed by atoms with E-state index in [9.17, 15) is 9.90 Å². The molecule has 0 radical (unpaired) electrons. The van der Waals surface area contributed by atoms with Gasteiger partial charge in [0.1, 0.15) is 5.52 Å². The van der Waals surface area contributed by atoms with Gasteiger partial charge in [-0.3, -0.25) is 0 Å². The number of aliphatic hydroxyl groups excluding tert-OH is 1. The molecule has 28 heavy (non-hydrogen) atoms. The predicted molar refractivity (Wildman–Crippen MR) is 106 cm³/mol. The molecule has 2 amide bonds. The van der Waals surface area contributed by atoms with Gasteiger partial charge in [0.05, 0.1) is 13.2 Å². The third kappa shape index (κ3) is 3.85. The van der Waals surface area contributed by atoms with Crippen molar-refractivity contribution in [2.45, 2.75) is 6.92 Å². The number of nitrogens with zero attached hydrogens (tertiary/aromatic N) is 2. The number of hydrogen-bond acceptors (Lipinski definition) is 5. The number of nitrogens with one attached hydrogen (secondary N) is 1. The number of urea groups is 1. The molecular weight excluding hydrogens is 358 g/mol. The maximum atomic E-state index is 12.6. The zero-order valence-electron chi connectivity index (χ0n) is 15.7. The summed E-state index contributed by atoms with van der Waals surface area (Å²) < 4.78 is 11.4. The molecule has 4 rings (SSSR count). The summed E-state index contributed by atoms with van der Waals surface area (Å²) in [5.41, 5.74) is 4.02. The lowest BCUT2D eigenvalue weighted by Crippen LogP contribution is -2.39. The van der Waals surface area contributed by atoms with Crippen molar-refractivity contribution < 1.29 is 19.1 Å². The van der Waals surface area contributed by atoms with E-state index >= 15 is 0 Å². The second-order valence-electron chi connectivity index (χ2n) is 7.02. The van der Waals surface area contributed by atoms with Crippen LogP contribution in [0.15, 0.2) is 46.9 Å². The average molecular weight is 381 g/mol. The molecule has 7 heteroatoms. The summed E-state index contributed by atoms with van der Waals surface area (Å²) in [6.07, 6.45) is 0. The van der Waals surface area contributed by atoms with Crippen molar-refractivity contribution in [3.05, 3.63) is 48.0 Å². The fourth-order valence-corrected chi connectivity index (χ4v) is 3.31. The second-order valence-corrected chi connectivity index (χ2v) is 7.02. The highest BCUT2D eigenvalue weighted by molar-refractivity contribution is 5.92. The van der Waals surface area contributed by atoms with Crippen LogP contribution in [0.4, 0.5) is 10.5 Å². The van der Waals surface area contributed by atoms with Gasteiger partial charge >= 0.3 is 6.03 Å². The topological polar surface area (TPSA) is 87.8 Å². The van der Waals surface area contributed by atoms with Crippen molar-refractivity contribution in [2.24, 2.45) is 5.92 Å². The van der Waals surface area contributed by atoms with E-state index in [0.717, 1.165) is 16.6 Å². The van der Waals surface area contributed by atoms with Gasteiger partial charge in [-0.05, 0) is 30.7 Å². The number of aryl methyl sites for hydroxylation is 1. The molecule has 1 aliphatic heterocycles. The van der Waals surface area contributed by atoms with Crippen LogP contribution >= 0.6 is 0 Å². The number of rotatable bonds is 3. The molecule has 2 aromatic carbocycles. The number of benzene rings is 2. The molecule has 1 aromatic heterocycles. The minimum atomic E-state index is -0.220. The van der Waals surface area contributed by atoms with Crippen LogP contribution in [0.1, 0.15) is 5.56 Å². The van der Waals surface area contributed by atoms with E-state index < -0.39 is 0 Å². The molecule has 146 valence electrons. The molecule has 0 spiro atoms. The van der Waals surface area contributed by atoms with Gasteiger partial charge in [0.15, 0.2) is 5.58 Å². The number of carbonyl (C=O) groups is 1. The highest BCUT2D eigenvalue weighted by atomic mass is 16.5. The second kappa shape index (κ2) is 8.00. The van der Waals surface area contributed by atoms with Gasteiger partial charge < -0.3 is 24.5 Å². The van der Waals surface area contributed by atoms with Gasteiger partial charge in [-0.2, -0.15) is 0 Å². The Kier molecular flexibility index (Phi) is 5.27. The van der Waals surface area contributed by atoms with Gasteiger partial charge in [-0.1, -0.05) is 18.2 Å². The first kappa shape index (κ1) is 18.5. The standard InChI is InChI=1S/C21H23N3O4/c1-14-4-2-3-5-17(14)20-23-18-7-6-16(10-19(18)28-20)22-21(26)24-8-9-27-13-15(11-24)12-25/h2-7,10,15,25H,8-9,11-13H2,1H3,(H,22,26). The van der Waals surface area contributed by atoms with Crippen molar-refractivity contribution in [1.29, 1.82) is 0 Å². The minimum absolute atomic E-state index is 0.00448. The minimum Gasteiger partial charge on any atom is -0.436 e. The molecule has 0 saturated carbocycles. The Morgan fingerprint density at radius 2 is 2.18 bits per heavy atom. The first-order chi connectivity index (χ1) is 13.6. The van der Waals surface area contributed by atoms with Crippen LogP contribution in [0.2, 0.25) is 0 Å². The maximum absolute atomic E-state index is 12.6. The Balaban J connectivity index is 1.53. The number of amides is 2. The Labute approximate surface area is 162 Å². The van der Waals surface area contributed by atoms with E-state index in [4.69, 9.17) is 9.15 Å². The van der Waals surface area contributed by atoms with Crippen LogP contribution in [0, 0.1) is 12.8 Å². The summed E-state index contributed by atoms with van der Waals surface area (Å²) >= 11 is 0. The Bertz CT molecular complexity index is 985. The number of aliphatic hydroxyl groups is 1. The largest absolute Gasteiger partial charge is 0.436 e. The summed E-state index contributed by atoms with van der Waals surface area (Å²) in [4.78, 5) is 18.8. The van der Waals surface area contributed by atoms with Crippen LogP contribution in [-0.2, 0) is 4.74 Å². The van der Waals surface area contributed by atoms with Crippen molar-refractivity contribution in [1.82, 2.24) is 9.88 Å². The number of aromatic nitrogens is 1. The summed E-state index contributed by atoms with van der Waals surface area (Å²) in [5, 5.41) is 12.3. The molecule has 1 atom stereocenters. The molecule has 1 fully saturated rings. The summed E-state index contributed by atoms with van der Waals surface area (Å²) in [6, 6.07) is 13.1. The molecule has 2 heterocycles. The third-order valence-electron chi connectivity index (χ3n) is 4.90. The monoisotopic (exact) mass is 381 g/mol. The smallest absolute Gasteiger partial charge is 0.321 e. The summed E-state index contributed by atoms with van der Waals surface area (Å²) in [5.74, 6) is 0.494. The lowest BCUT2D eigenvalue weighted by molar-refractivity contribution is 0.0958. The molecule has 7 nitrogen and oxygen atoms in total. The lowest BCUT2D eigenvalue weighted by atomic mass is 10.1. The van der Waals surface area contributed by atoms with Crippen LogP contribution in [0.25, 0.3) is 22.6 Å². The molecule has 1 aliphatic rings. The zero-order valence-corrected chi connectivity index (χ0v) is 15.7. The summed E-state index contributed by atoms with van der Waals surface area (Å²) in [6.45, 7) is 3.89. The zero-order chi connectivity index (χ0) is 19.5. The SMILES string of the molecule is Cc1ccccc1-c1nc2ccc(NC(=O)N3CCOCC(CO)C3)cc2o1. The van der Waals surface area contributed by atoms with Crippen molar-refractivity contribution in [3.63, 3.8) is 0 Å². The predicted octanol–water partition coefficient (Wildman–Crippen LogP) is 3.28. The number of ether oxygens (including phenoxy) is 1. The molecule has 1 saturated heterocycles. The highest BCUT2D eigenvalue weighted by Gasteiger charge is 2.22. The van der Waals surface area contributed by atoms with Gasteiger partial charge in [0, 0.05) is 42.9 Å². The number of anilines is 1. The highest BCUT2D eigenvalue weighted by Crippen LogP contribution is 2.28. The van der Waals surface area contributed by atoms with E-state index in [1.54, 1.807) is 11.0 Å². The molecule has 0 bridgehead atoms.